The molecule has 5 nitrogen and oxygen atoms in total. The number of benzene rings is 2. The van der Waals surface area contributed by atoms with Crippen molar-refractivity contribution in [1.82, 2.24) is 14.4 Å². The summed E-state index contributed by atoms with van der Waals surface area (Å²) in [5, 5.41) is 0.582. The summed E-state index contributed by atoms with van der Waals surface area (Å²) in [6.07, 6.45) is 4.76. The molecule has 0 bridgehead atoms. The van der Waals surface area contributed by atoms with Gasteiger partial charge in [0.15, 0.2) is 0 Å². The highest BCUT2D eigenvalue weighted by molar-refractivity contribution is 6.30. The Morgan fingerprint density at radius 1 is 0.914 bits per heavy atom. The number of aromatic nitrogens is 1. The molecule has 6 heteroatoms. The zero-order valence-electron chi connectivity index (χ0n) is 21.0. The molecular weight excluding hydrogens is 458 g/mol. The minimum atomic E-state index is -0.143. The van der Waals surface area contributed by atoms with Gasteiger partial charge >= 0.3 is 0 Å². The number of halogens is 1. The first-order valence-electron chi connectivity index (χ1n) is 12.4. The molecule has 0 N–H and O–H groups in total. The van der Waals surface area contributed by atoms with E-state index in [1.54, 1.807) is 29.2 Å². The molecule has 0 aliphatic rings. The molecule has 0 aliphatic carbocycles. The van der Waals surface area contributed by atoms with Gasteiger partial charge in [-0.05, 0) is 61.7 Å². The summed E-state index contributed by atoms with van der Waals surface area (Å²) in [6.45, 7) is 8.77. The number of rotatable bonds is 12. The average molecular weight is 494 g/mol. The molecule has 1 heterocycles. The monoisotopic (exact) mass is 493 g/mol. The molecule has 0 radical (unpaired) electrons. The Balaban J connectivity index is 1.74. The van der Waals surface area contributed by atoms with Gasteiger partial charge in [-0.2, -0.15) is 0 Å². The lowest BCUT2D eigenvalue weighted by Gasteiger charge is -2.28. The number of amides is 2. The standard InChI is InChI=1S/C29H36ClN3O2/c1-4-6-17-32(21-27-11-8-18-31(27)20-24-10-7-9-23(3)19-24)28(34)22-33(16-5-2)29(35)25-12-14-26(30)15-13-25/h7-15,18-19H,4-6,16-17,20-22H2,1-3H3. The van der Waals surface area contributed by atoms with Crippen LogP contribution in [0, 0.1) is 6.92 Å². The lowest BCUT2D eigenvalue weighted by Crippen LogP contribution is -2.43. The molecule has 0 unspecified atom stereocenters. The third-order valence-electron chi connectivity index (χ3n) is 6.04. The van der Waals surface area contributed by atoms with E-state index in [2.05, 4.69) is 54.9 Å². The van der Waals surface area contributed by atoms with Crippen molar-refractivity contribution in [2.45, 2.75) is 53.1 Å². The third kappa shape index (κ3) is 7.72. The fourth-order valence-corrected chi connectivity index (χ4v) is 4.28. The number of hydrogen-bond acceptors (Lipinski definition) is 2. The van der Waals surface area contributed by atoms with E-state index in [1.165, 1.54) is 11.1 Å². The molecule has 2 amide bonds. The predicted octanol–water partition coefficient (Wildman–Crippen LogP) is 6.18. The fourth-order valence-electron chi connectivity index (χ4n) is 4.15. The number of carbonyl (C=O) groups is 2. The van der Waals surface area contributed by atoms with Gasteiger partial charge in [0, 0.05) is 42.1 Å². The Morgan fingerprint density at radius 2 is 1.69 bits per heavy atom. The summed E-state index contributed by atoms with van der Waals surface area (Å²) in [6, 6.07) is 19.4. The summed E-state index contributed by atoms with van der Waals surface area (Å²) in [7, 11) is 0. The maximum absolute atomic E-state index is 13.5. The van der Waals surface area contributed by atoms with Crippen LogP contribution in [0.4, 0.5) is 0 Å². The predicted molar refractivity (Wildman–Crippen MR) is 143 cm³/mol. The second-order valence-electron chi connectivity index (χ2n) is 9.02. The van der Waals surface area contributed by atoms with Crippen molar-refractivity contribution in [3.63, 3.8) is 0 Å². The van der Waals surface area contributed by atoms with Gasteiger partial charge in [0.05, 0.1) is 6.54 Å². The van der Waals surface area contributed by atoms with E-state index in [-0.39, 0.29) is 18.4 Å². The summed E-state index contributed by atoms with van der Waals surface area (Å²) >= 11 is 5.98. The van der Waals surface area contributed by atoms with Crippen LogP contribution < -0.4 is 0 Å². The van der Waals surface area contributed by atoms with Crippen LogP contribution in [0.25, 0.3) is 0 Å². The lowest BCUT2D eigenvalue weighted by molar-refractivity contribution is -0.132. The van der Waals surface area contributed by atoms with Crippen LogP contribution in [0.2, 0.25) is 5.02 Å². The molecule has 2 aromatic carbocycles. The van der Waals surface area contributed by atoms with Gasteiger partial charge < -0.3 is 14.4 Å². The van der Waals surface area contributed by atoms with E-state index in [0.29, 0.717) is 30.2 Å². The molecular formula is C29H36ClN3O2. The number of nitrogens with zero attached hydrogens (tertiary/aromatic N) is 3. The highest BCUT2D eigenvalue weighted by atomic mass is 35.5. The number of carbonyl (C=O) groups excluding carboxylic acids is 2. The minimum absolute atomic E-state index is 0.0301. The van der Waals surface area contributed by atoms with Gasteiger partial charge in [-0.3, -0.25) is 9.59 Å². The van der Waals surface area contributed by atoms with E-state index < -0.39 is 0 Å². The van der Waals surface area contributed by atoms with Gasteiger partial charge in [0.25, 0.3) is 5.91 Å². The minimum Gasteiger partial charge on any atom is -0.345 e. The summed E-state index contributed by atoms with van der Waals surface area (Å²) in [5.41, 5.74) is 4.10. The normalized spacial score (nSPS) is 10.9. The Kier molecular flexibility index (Phi) is 9.98. The molecule has 0 saturated heterocycles. The number of unbranched alkanes of at least 4 members (excludes halogenated alkanes) is 1. The molecule has 0 fully saturated rings. The van der Waals surface area contributed by atoms with Crippen molar-refractivity contribution < 1.29 is 9.59 Å². The Labute approximate surface area is 214 Å². The van der Waals surface area contributed by atoms with Crippen molar-refractivity contribution in [2.24, 2.45) is 0 Å². The van der Waals surface area contributed by atoms with Crippen molar-refractivity contribution in [1.29, 1.82) is 0 Å². The van der Waals surface area contributed by atoms with Crippen molar-refractivity contribution in [3.05, 3.63) is 94.3 Å². The maximum Gasteiger partial charge on any atom is 0.254 e. The van der Waals surface area contributed by atoms with Crippen LogP contribution in [-0.2, 0) is 17.9 Å². The molecule has 0 spiro atoms. The second-order valence-corrected chi connectivity index (χ2v) is 9.46. The smallest absolute Gasteiger partial charge is 0.254 e. The van der Waals surface area contributed by atoms with E-state index in [9.17, 15) is 9.59 Å². The Hall–Kier alpha value is -3.05. The Morgan fingerprint density at radius 3 is 2.37 bits per heavy atom. The number of hydrogen-bond donors (Lipinski definition) is 0. The van der Waals surface area contributed by atoms with Crippen molar-refractivity contribution in [3.8, 4) is 0 Å². The molecule has 3 aromatic rings. The van der Waals surface area contributed by atoms with Crippen LogP contribution in [0.15, 0.2) is 66.9 Å². The van der Waals surface area contributed by atoms with Crippen molar-refractivity contribution >= 4 is 23.4 Å². The molecule has 3 rings (SSSR count). The summed E-state index contributed by atoms with van der Waals surface area (Å²) in [5.74, 6) is -0.173. The summed E-state index contributed by atoms with van der Waals surface area (Å²) in [4.78, 5) is 30.1. The zero-order chi connectivity index (χ0) is 25.2. The van der Waals surface area contributed by atoms with E-state index in [0.717, 1.165) is 31.5 Å². The van der Waals surface area contributed by atoms with Crippen LogP contribution in [0.1, 0.15) is 60.3 Å². The van der Waals surface area contributed by atoms with Gasteiger partial charge in [0.1, 0.15) is 6.54 Å². The van der Waals surface area contributed by atoms with E-state index in [4.69, 9.17) is 11.6 Å². The van der Waals surface area contributed by atoms with Gasteiger partial charge in [-0.1, -0.05) is 61.7 Å². The number of aryl methyl sites for hydroxylation is 1. The topological polar surface area (TPSA) is 45.6 Å². The van der Waals surface area contributed by atoms with Gasteiger partial charge in [0.2, 0.25) is 5.91 Å². The largest absolute Gasteiger partial charge is 0.345 e. The quantitative estimate of drug-likeness (QED) is 0.302. The average Bonchev–Trinajstić information content (AvgIpc) is 3.27. The summed E-state index contributed by atoms with van der Waals surface area (Å²) < 4.78 is 2.20. The molecule has 0 aliphatic heterocycles. The highest BCUT2D eigenvalue weighted by Gasteiger charge is 2.22. The van der Waals surface area contributed by atoms with Crippen molar-refractivity contribution in [2.75, 3.05) is 19.6 Å². The zero-order valence-corrected chi connectivity index (χ0v) is 21.8. The van der Waals surface area contributed by atoms with Gasteiger partial charge in [-0.15, -0.1) is 0 Å². The van der Waals surface area contributed by atoms with Crippen LogP contribution >= 0.6 is 11.6 Å². The molecule has 0 atom stereocenters. The molecule has 0 saturated carbocycles. The molecule has 186 valence electrons. The second kappa shape index (κ2) is 13.1. The first-order valence-corrected chi connectivity index (χ1v) is 12.8. The van der Waals surface area contributed by atoms with Gasteiger partial charge in [-0.25, -0.2) is 0 Å². The van der Waals surface area contributed by atoms with Crippen LogP contribution in [0.5, 0.6) is 0 Å². The molecule has 35 heavy (non-hydrogen) atoms. The first kappa shape index (κ1) is 26.6. The molecule has 1 aromatic heterocycles. The van der Waals surface area contributed by atoms with Crippen LogP contribution in [0.3, 0.4) is 0 Å². The van der Waals surface area contributed by atoms with Crippen LogP contribution in [-0.4, -0.2) is 45.8 Å². The lowest BCUT2D eigenvalue weighted by atomic mass is 10.1. The van der Waals surface area contributed by atoms with E-state index in [1.807, 2.05) is 17.9 Å². The van der Waals surface area contributed by atoms with E-state index >= 15 is 0 Å². The maximum atomic E-state index is 13.5. The third-order valence-corrected chi connectivity index (χ3v) is 6.30. The SMILES string of the molecule is CCCCN(Cc1cccn1Cc1cccc(C)c1)C(=O)CN(CCC)C(=O)c1ccc(Cl)cc1. The Bertz CT molecular complexity index is 1110. The fraction of sp³-hybridized carbons (Fsp3) is 0.379. The highest BCUT2D eigenvalue weighted by Crippen LogP contribution is 2.15. The first-order chi connectivity index (χ1) is 16.9.